The zero-order valence-corrected chi connectivity index (χ0v) is 13.6. The normalized spacial score (nSPS) is 22.1. The third-order valence-electron chi connectivity index (χ3n) is 3.72. The van der Waals surface area contributed by atoms with Crippen LogP contribution in [-0.4, -0.2) is 67.9 Å². The van der Waals surface area contributed by atoms with Crippen molar-refractivity contribution in [2.24, 2.45) is 5.92 Å². The Kier molecular flexibility index (Phi) is 5.54. The number of aryl methyl sites for hydroxylation is 1. The number of nitrogens with zero attached hydrogens (tertiary/aromatic N) is 2. The summed E-state index contributed by atoms with van der Waals surface area (Å²) < 4.78 is 30.4. The zero-order valence-electron chi connectivity index (χ0n) is 12.8. The number of nitrogens with one attached hydrogen (secondary N) is 2. The van der Waals surface area contributed by atoms with Crippen molar-refractivity contribution in [2.45, 2.75) is 18.9 Å². The molecular weight excluding hydrogens is 308 g/mol. The lowest BCUT2D eigenvalue weighted by Gasteiger charge is -2.21. The molecule has 1 amide bonds. The molecule has 1 aliphatic heterocycles. The Morgan fingerprint density at radius 1 is 1.50 bits per heavy atom. The predicted octanol–water partition coefficient (Wildman–Crippen LogP) is -0.635. The number of carbonyl (C=O) groups excluding carboxylic acids is 1. The summed E-state index contributed by atoms with van der Waals surface area (Å²) >= 11 is 0. The van der Waals surface area contributed by atoms with Gasteiger partial charge in [-0.25, -0.2) is 12.7 Å². The molecule has 0 radical (unpaired) electrons. The molecule has 124 valence electrons. The van der Waals surface area contributed by atoms with Crippen molar-refractivity contribution in [2.75, 3.05) is 33.1 Å². The highest BCUT2D eigenvalue weighted by Crippen LogP contribution is 2.17. The largest absolute Gasteiger partial charge is 0.379 e. The van der Waals surface area contributed by atoms with E-state index in [-0.39, 0.29) is 23.6 Å². The summed E-state index contributed by atoms with van der Waals surface area (Å²) in [5.41, 5.74) is 0.963. The molecule has 0 aliphatic carbocycles. The number of aromatic amines is 1. The van der Waals surface area contributed by atoms with Crippen molar-refractivity contribution in [3.63, 3.8) is 0 Å². The second-order valence-corrected chi connectivity index (χ2v) is 7.87. The molecule has 1 aromatic rings. The van der Waals surface area contributed by atoms with Gasteiger partial charge in [0, 0.05) is 32.6 Å². The van der Waals surface area contributed by atoms with E-state index in [1.54, 1.807) is 12.4 Å². The Hall–Kier alpha value is -1.45. The minimum Gasteiger partial charge on any atom is -0.379 e. The molecule has 22 heavy (non-hydrogen) atoms. The quantitative estimate of drug-likeness (QED) is 0.692. The molecule has 0 bridgehead atoms. The number of sulfonamides is 1. The van der Waals surface area contributed by atoms with Crippen LogP contribution >= 0.6 is 0 Å². The van der Waals surface area contributed by atoms with E-state index in [2.05, 4.69) is 15.5 Å². The maximum Gasteiger partial charge on any atom is 0.220 e. The van der Waals surface area contributed by atoms with Crippen molar-refractivity contribution in [1.29, 1.82) is 0 Å². The number of aromatic nitrogens is 2. The average molecular weight is 330 g/mol. The molecule has 1 aliphatic rings. The van der Waals surface area contributed by atoms with Crippen LogP contribution in [0.2, 0.25) is 0 Å². The van der Waals surface area contributed by atoms with Gasteiger partial charge in [0.15, 0.2) is 0 Å². The summed E-state index contributed by atoms with van der Waals surface area (Å²) in [7, 11) is -0.301. The molecule has 8 nitrogen and oxygen atoms in total. The van der Waals surface area contributed by atoms with Crippen LogP contribution in [-0.2, 0) is 26.0 Å². The topological polar surface area (TPSA) is 104 Å². The minimum absolute atomic E-state index is 0.0212. The number of ether oxygens (including phenoxy) is 1. The van der Waals surface area contributed by atoms with Gasteiger partial charge in [-0.3, -0.25) is 9.89 Å². The fraction of sp³-hybridized carbons (Fsp3) is 0.692. The van der Waals surface area contributed by atoms with E-state index in [1.807, 2.05) is 0 Å². The standard InChI is InChI=1S/C13H22N4O4S/c1-17(2)22(19,20)9-11-7-21-8-12(11)16-13(18)4-3-10-5-14-15-6-10/h5-6,11-12H,3-4,7-9H2,1-2H3,(H,14,15)(H,16,18)/t11-,12+/m0/s1. The van der Waals surface area contributed by atoms with Gasteiger partial charge in [-0.15, -0.1) is 0 Å². The molecular formula is C13H22N4O4S. The third kappa shape index (κ3) is 4.52. The number of carbonyl (C=O) groups is 1. The molecule has 1 aromatic heterocycles. The lowest BCUT2D eigenvalue weighted by atomic mass is 10.1. The summed E-state index contributed by atoms with van der Waals surface area (Å²) in [5, 5.41) is 9.40. The number of rotatable bonds is 7. The van der Waals surface area contributed by atoms with E-state index in [4.69, 9.17) is 4.74 Å². The number of hydrogen-bond acceptors (Lipinski definition) is 5. The second kappa shape index (κ2) is 7.21. The highest BCUT2D eigenvalue weighted by Gasteiger charge is 2.33. The predicted molar refractivity (Wildman–Crippen MR) is 80.6 cm³/mol. The summed E-state index contributed by atoms with van der Waals surface area (Å²) in [5.74, 6) is -0.346. The van der Waals surface area contributed by atoms with Crippen molar-refractivity contribution < 1.29 is 17.9 Å². The van der Waals surface area contributed by atoms with Crippen LogP contribution in [0.3, 0.4) is 0 Å². The Bertz CT molecular complexity index is 585. The van der Waals surface area contributed by atoms with E-state index in [9.17, 15) is 13.2 Å². The maximum atomic E-state index is 12.0. The van der Waals surface area contributed by atoms with E-state index < -0.39 is 10.0 Å². The number of hydrogen-bond donors (Lipinski definition) is 2. The fourth-order valence-electron chi connectivity index (χ4n) is 2.29. The van der Waals surface area contributed by atoms with E-state index >= 15 is 0 Å². The lowest BCUT2D eigenvalue weighted by Crippen LogP contribution is -2.43. The van der Waals surface area contributed by atoms with Crippen LogP contribution in [0.15, 0.2) is 12.4 Å². The Balaban J connectivity index is 1.84. The number of amides is 1. The molecule has 2 atom stereocenters. The molecule has 2 N–H and O–H groups in total. The molecule has 0 unspecified atom stereocenters. The van der Waals surface area contributed by atoms with Gasteiger partial charge in [0.25, 0.3) is 0 Å². The van der Waals surface area contributed by atoms with E-state index in [0.29, 0.717) is 26.1 Å². The fourth-order valence-corrected chi connectivity index (χ4v) is 3.46. The first-order chi connectivity index (χ1) is 10.4. The maximum absolute atomic E-state index is 12.0. The van der Waals surface area contributed by atoms with Crippen LogP contribution in [0, 0.1) is 5.92 Å². The first-order valence-electron chi connectivity index (χ1n) is 7.13. The van der Waals surface area contributed by atoms with Gasteiger partial charge in [-0.2, -0.15) is 5.10 Å². The van der Waals surface area contributed by atoms with Crippen LogP contribution in [0.1, 0.15) is 12.0 Å². The van der Waals surface area contributed by atoms with Crippen molar-refractivity contribution in [3.05, 3.63) is 18.0 Å². The van der Waals surface area contributed by atoms with Crippen LogP contribution in [0.5, 0.6) is 0 Å². The zero-order chi connectivity index (χ0) is 16.2. The summed E-state index contributed by atoms with van der Waals surface area (Å²) in [6.45, 7) is 0.699. The second-order valence-electron chi connectivity index (χ2n) is 5.64. The molecule has 1 fully saturated rings. The van der Waals surface area contributed by atoms with Gasteiger partial charge >= 0.3 is 0 Å². The van der Waals surface area contributed by atoms with Crippen molar-refractivity contribution in [1.82, 2.24) is 19.8 Å². The molecule has 1 saturated heterocycles. The van der Waals surface area contributed by atoms with Crippen molar-refractivity contribution >= 4 is 15.9 Å². The summed E-state index contributed by atoms with van der Waals surface area (Å²) in [4.78, 5) is 12.0. The van der Waals surface area contributed by atoms with Gasteiger partial charge in [-0.1, -0.05) is 0 Å². The summed E-state index contributed by atoms with van der Waals surface area (Å²) in [6, 6.07) is -0.258. The minimum atomic E-state index is -3.31. The molecule has 9 heteroatoms. The SMILES string of the molecule is CN(C)S(=O)(=O)C[C@@H]1COC[C@H]1NC(=O)CCc1cn[nH]c1. The van der Waals surface area contributed by atoms with Crippen LogP contribution in [0.4, 0.5) is 0 Å². The highest BCUT2D eigenvalue weighted by atomic mass is 32.2. The van der Waals surface area contributed by atoms with Crippen LogP contribution < -0.4 is 5.32 Å². The molecule has 0 aromatic carbocycles. The van der Waals surface area contributed by atoms with Gasteiger partial charge < -0.3 is 10.1 Å². The number of H-pyrrole nitrogens is 1. The first kappa shape index (κ1) is 16.9. The molecule has 0 spiro atoms. The van der Waals surface area contributed by atoms with Gasteiger partial charge in [0.2, 0.25) is 15.9 Å². The van der Waals surface area contributed by atoms with Gasteiger partial charge in [0.1, 0.15) is 0 Å². The van der Waals surface area contributed by atoms with Crippen molar-refractivity contribution in [3.8, 4) is 0 Å². The Morgan fingerprint density at radius 2 is 2.27 bits per heavy atom. The highest BCUT2D eigenvalue weighted by molar-refractivity contribution is 7.89. The molecule has 2 heterocycles. The lowest BCUT2D eigenvalue weighted by molar-refractivity contribution is -0.121. The monoisotopic (exact) mass is 330 g/mol. The van der Waals surface area contributed by atoms with Crippen LogP contribution in [0.25, 0.3) is 0 Å². The van der Waals surface area contributed by atoms with Gasteiger partial charge in [-0.05, 0) is 12.0 Å². The Morgan fingerprint density at radius 3 is 2.91 bits per heavy atom. The van der Waals surface area contributed by atoms with Gasteiger partial charge in [0.05, 0.1) is 31.2 Å². The van der Waals surface area contributed by atoms with E-state index in [1.165, 1.54) is 18.4 Å². The third-order valence-corrected chi connectivity index (χ3v) is 5.68. The average Bonchev–Trinajstić information content (AvgIpc) is 3.08. The molecule has 2 rings (SSSR count). The molecule has 0 saturated carbocycles. The smallest absolute Gasteiger partial charge is 0.220 e. The summed E-state index contributed by atoms with van der Waals surface area (Å²) in [6.07, 6.45) is 4.36. The first-order valence-corrected chi connectivity index (χ1v) is 8.74. The Labute approximate surface area is 130 Å². The van der Waals surface area contributed by atoms with E-state index in [0.717, 1.165) is 5.56 Å².